The molecule has 0 aromatic rings. The van der Waals surface area contributed by atoms with Gasteiger partial charge >= 0.3 is 18.0 Å². The second-order valence-corrected chi connectivity index (χ2v) is 18.8. The number of allylic oxidation sites excluding steroid dienone is 4. The van der Waals surface area contributed by atoms with Crippen molar-refractivity contribution in [2.24, 2.45) is 0 Å². The number of esters is 2. The fourth-order valence-corrected chi connectivity index (χ4v) is 8.01. The maximum absolute atomic E-state index is 12.9. The normalized spacial score (nSPS) is 13.0. The van der Waals surface area contributed by atoms with Gasteiger partial charge in [0.2, 0.25) is 0 Å². The summed E-state index contributed by atoms with van der Waals surface area (Å²) < 4.78 is 24.2. The minimum Gasteiger partial charge on any atom is -0.465 e. The molecule has 57 heavy (non-hydrogen) atoms. The summed E-state index contributed by atoms with van der Waals surface area (Å²) in [7, 11) is -1.22. The van der Waals surface area contributed by atoms with Gasteiger partial charge in [-0.3, -0.25) is 13.8 Å². The van der Waals surface area contributed by atoms with Crippen molar-refractivity contribution in [1.82, 2.24) is 4.90 Å². The summed E-state index contributed by atoms with van der Waals surface area (Å²) in [5, 5.41) is 9.54. The second kappa shape index (κ2) is 39.3. The van der Waals surface area contributed by atoms with E-state index in [1.54, 1.807) is 0 Å². The number of hydrogen-bond donors (Lipinski definition) is 1. The van der Waals surface area contributed by atoms with Crippen LogP contribution in [0.2, 0.25) is 0 Å². The second-order valence-electron chi connectivity index (χ2n) is 17.1. The number of hydrogen-bond acceptors (Lipinski definition) is 6. The van der Waals surface area contributed by atoms with Crippen LogP contribution >= 0.6 is 0 Å². The van der Waals surface area contributed by atoms with E-state index in [1.807, 2.05) is 20.8 Å². The van der Waals surface area contributed by atoms with Gasteiger partial charge in [-0.25, -0.2) is 4.79 Å². The number of rotatable bonds is 40. The number of nitrogens with zero attached hydrogens (tertiary/aromatic N) is 1. The van der Waals surface area contributed by atoms with E-state index in [4.69, 9.17) is 9.47 Å². The first-order chi connectivity index (χ1) is 27.5. The predicted octanol–water partition coefficient (Wildman–Crippen LogP) is 13.8. The van der Waals surface area contributed by atoms with Crippen LogP contribution < -0.4 is 0 Å². The van der Waals surface area contributed by atoms with E-state index in [9.17, 15) is 23.7 Å². The number of carbonyl (C=O) groups excluding carboxylic acids is 2. The van der Waals surface area contributed by atoms with Crippen molar-refractivity contribution in [3.63, 3.8) is 0 Å². The molecule has 9 heteroatoms. The van der Waals surface area contributed by atoms with Crippen molar-refractivity contribution in [1.29, 1.82) is 0 Å². The summed E-state index contributed by atoms with van der Waals surface area (Å²) in [4.78, 5) is 38.4. The van der Waals surface area contributed by atoms with Crippen LogP contribution in [0.1, 0.15) is 227 Å². The van der Waals surface area contributed by atoms with Gasteiger partial charge in [-0.05, 0) is 97.8 Å². The Kier molecular flexibility index (Phi) is 37.8. The molecule has 1 N–H and O–H groups in total. The summed E-state index contributed by atoms with van der Waals surface area (Å²) in [6.07, 6.45) is 40.1. The maximum Gasteiger partial charge on any atom is 0.407 e. The standard InChI is InChI=1S/C48H89NO7S/c1-6-8-10-12-14-16-18-20-22-24-26-28-30-32-34-37-45(50)55-43-44(39-42-57(54)41-36-40-49(47(52)53)48(3,4)5)56-46(51)38-35-33-31-29-27-25-23-21-19-17-15-13-11-9-7-2/h20-23,44H,6-19,24-43H2,1-5H3,(H,52,53)/b22-20-,23-21-. The molecule has 0 aromatic heterocycles. The van der Waals surface area contributed by atoms with Gasteiger partial charge in [0.25, 0.3) is 0 Å². The molecule has 0 aliphatic heterocycles. The van der Waals surface area contributed by atoms with Crippen LogP contribution in [0.25, 0.3) is 0 Å². The Bertz CT molecular complexity index is 1050. The van der Waals surface area contributed by atoms with Gasteiger partial charge in [0, 0.05) is 47.2 Å². The molecule has 0 rings (SSSR count). The third-order valence-corrected chi connectivity index (χ3v) is 11.9. The lowest BCUT2D eigenvalue weighted by atomic mass is 10.1. The maximum atomic E-state index is 12.9. The zero-order valence-corrected chi connectivity index (χ0v) is 38.5. The zero-order chi connectivity index (χ0) is 42.2. The summed E-state index contributed by atoms with van der Waals surface area (Å²) in [5.41, 5.74) is -0.537. The molecule has 0 saturated heterocycles. The van der Waals surface area contributed by atoms with E-state index < -0.39 is 28.5 Å². The van der Waals surface area contributed by atoms with Crippen LogP contribution in [0.15, 0.2) is 24.3 Å². The molecule has 0 heterocycles. The monoisotopic (exact) mass is 824 g/mol. The molecule has 2 unspecified atom stereocenters. The largest absolute Gasteiger partial charge is 0.465 e. The van der Waals surface area contributed by atoms with Crippen LogP contribution in [-0.2, 0) is 29.9 Å². The predicted molar refractivity (Wildman–Crippen MR) is 241 cm³/mol. The number of amides is 1. The molecule has 334 valence electrons. The summed E-state index contributed by atoms with van der Waals surface area (Å²) in [6.45, 7) is 10.3. The fourth-order valence-electron chi connectivity index (χ4n) is 6.83. The molecule has 0 spiro atoms. The molecule has 0 aromatic carbocycles. The van der Waals surface area contributed by atoms with Crippen molar-refractivity contribution in [3.8, 4) is 0 Å². The molecule has 2 atom stereocenters. The Morgan fingerprint density at radius 1 is 0.579 bits per heavy atom. The third kappa shape index (κ3) is 37.8. The van der Waals surface area contributed by atoms with Crippen LogP contribution in [0, 0.1) is 0 Å². The molecule has 0 saturated carbocycles. The highest BCUT2D eigenvalue weighted by molar-refractivity contribution is 7.84. The first-order valence-corrected chi connectivity index (χ1v) is 25.0. The highest BCUT2D eigenvalue weighted by Crippen LogP contribution is 2.16. The Balaban J connectivity index is 4.50. The molecular formula is C48H89NO7S. The van der Waals surface area contributed by atoms with E-state index in [0.717, 1.165) is 64.2 Å². The third-order valence-electron chi connectivity index (χ3n) is 10.5. The van der Waals surface area contributed by atoms with Gasteiger partial charge in [-0.1, -0.05) is 141 Å². The highest BCUT2D eigenvalue weighted by Gasteiger charge is 2.25. The zero-order valence-electron chi connectivity index (χ0n) is 37.7. The Morgan fingerprint density at radius 2 is 0.982 bits per heavy atom. The number of ether oxygens (including phenoxy) is 2. The summed E-state index contributed by atoms with van der Waals surface area (Å²) >= 11 is 0. The minimum atomic E-state index is -1.22. The van der Waals surface area contributed by atoms with Gasteiger partial charge in [0.05, 0.1) is 0 Å². The Hall–Kier alpha value is -2.16. The van der Waals surface area contributed by atoms with Gasteiger partial charge in [-0.15, -0.1) is 0 Å². The molecule has 0 bridgehead atoms. The van der Waals surface area contributed by atoms with Gasteiger partial charge in [-0.2, -0.15) is 0 Å². The summed E-state index contributed by atoms with van der Waals surface area (Å²) in [5.74, 6) is 0.0479. The lowest BCUT2D eigenvalue weighted by molar-refractivity contribution is -0.159. The van der Waals surface area contributed by atoms with Crippen molar-refractivity contribution >= 4 is 28.8 Å². The molecule has 8 nitrogen and oxygen atoms in total. The van der Waals surface area contributed by atoms with Crippen molar-refractivity contribution in [3.05, 3.63) is 24.3 Å². The van der Waals surface area contributed by atoms with Crippen molar-refractivity contribution in [2.45, 2.75) is 239 Å². The molecule has 0 aliphatic rings. The van der Waals surface area contributed by atoms with Gasteiger partial charge in [0.1, 0.15) is 12.7 Å². The van der Waals surface area contributed by atoms with E-state index in [0.29, 0.717) is 43.7 Å². The quantitative estimate of drug-likeness (QED) is 0.0372. The van der Waals surface area contributed by atoms with Crippen LogP contribution in [-0.4, -0.2) is 68.5 Å². The van der Waals surface area contributed by atoms with Crippen LogP contribution in [0.4, 0.5) is 4.79 Å². The smallest absolute Gasteiger partial charge is 0.407 e. The van der Waals surface area contributed by atoms with Gasteiger partial charge < -0.3 is 19.5 Å². The molecular weight excluding hydrogens is 735 g/mol. The van der Waals surface area contributed by atoms with E-state index in [1.165, 1.54) is 108 Å². The molecule has 0 radical (unpaired) electrons. The van der Waals surface area contributed by atoms with Crippen LogP contribution in [0.3, 0.4) is 0 Å². The topological polar surface area (TPSA) is 110 Å². The molecule has 0 fully saturated rings. The first-order valence-electron chi connectivity index (χ1n) is 23.5. The van der Waals surface area contributed by atoms with E-state index in [-0.39, 0.29) is 18.5 Å². The number of carbonyl (C=O) groups is 3. The lowest BCUT2D eigenvalue weighted by Crippen LogP contribution is -2.45. The number of carboxylic acid groups (broad SMARTS) is 1. The highest BCUT2D eigenvalue weighted by atomic mass is 32.2. The molecule has 1 amide bonds. The van der Waals surface area contributed by atoms with E-state index >= 15 is 0 Å². The van der Waals surface area contributed by atoms with Crippen molar-refractivity contribution in [2.75, 3.05) is 24.7 Å². The average molecular weight is 824 g/mol. The van der Waals surface area contributed by atoms with E-state index in [2.05, 4.69) is 38.2 Å². The number of unbranched alkanes of at least 4 members (excludes halogenated alkanes) is 22. The average Bonchev–Trinajstić information content (AvgIpc) is 3.16. The Morgan fingerprint density at radius 3 is 1.40 bits per heavy atom. The first kappa shape index (κ1) is 54.8. The molecule has 0 aliphatic carbocycles. The lowest BCUT2D eigenvalue weighted by Gasteiger charge is -2.33. The van der Waals surface area contributed by atoms with Gasteiger partial charge in [0.15, 0.2) is 0 Å². The van der Waals surface area contributed by atoms with Crippen molar-refractivity contribution < 1.29 is 33.2 Å². The fraction of sp³-hybridized carbons (Fsp3) is 0.854. The minimum absolute atomic E-state index is 0.0317. The summed E-state index contributed by atoms with van der Waals surface area (Å²) in [6, 6.07) is 0. The van der Waals surface area contributed by atoms with Crippen LogP contribution in [0.5, 0.6) is 0 Å². The Labute approximate surface area is 353 Å². The SMILES string of the molecule is CCCCCCCC/C=C\CCCCCCCC(=O)OCC(CCS(=O)CCCN(C(=O)O)C(C)(C)C)OC(=O)CCCCCCC/C=C\CCCCCCCC.